The van der Waals surface area contributed by atoms with Crippen molar-refractivity contribution in [2.45, 2.75) is 37.9 Å². The van der Waals surface area contributed by atoms with Crippen molar-refractivity contribution < 1.29 is 18.3 Å². The molecule has 1 rings (SSSR count). The molecule has 1 aliphatic rings. The lowest BCUT2D eigenvalue weighted by Gasteiger charge is -2.23. The van der Waals surface area contributed by atoms with Gasteiger partial charge < -0.3 is 5.11 Å². The smallest absolute Gasteiger partial charge is 0.318 e. The second-order valence-corrected chi connectivity index (χ2v) is 6.63. The van der Waals surface area contributed by atoms with Gasteiger partial charge in [0, 0.05) is 6.54 Å². The Balaban J connectivity index is 2.83. The van der Waals surface area contributed by atoms with Crippen LogP contribution in [0.1, 0.15) is 33.1 Å². The third-order valence-electron chi connectivity index (χ3n) is 2.70. The molecule has 88 valence electrons. The molecule has 5 nitrogen and oxygen atoms in total. The zero-order valence-electron chi connectivity index (χ0n) is 9.06. The molecule has 1 fully saturated rings. The maximum absolute atomic E-state index is 12.0. The molecule has 0 atom stereocenters. The van der Waals surface area contributed by atoms with Crippen molar-refractivity contribution in [3.05, 3.63) is 0 Å². The first kappa shape index (κ1) is 12.4. The van der Waals surface area contributed by atoms with Crippen LogP contribution >= 0.6 is 0 Å². The number of hydrogen-bond donors (Lipinski definition) is 1. The SMILES string of the molecule is CCCN(CC(=O)O)S(=O)(=O)C1(C)CC1. The van der Waals surface area contributed by atoms with Gasteiger partial charge in [0.25, 0.3) is 0 Å². The molecule has 0 bridgehead atoms. The molecule has 0 aromatic heterocycles. The predicted octanol–water partition coefficient (Wildman–Crippen LogP) is 0.665. The van der Waals surface area contributed by atoms with Crippen LogP contribution in [0.4, 0.5) is 0 Å². The largest absolute Gasteiger partial charge is 0.480 e. The number of hydrogen-bond acceptors (Lipinski definition) is 3. The van der Waals surface area contributed by atoms with E-state index < -0.39 is 27.3 Å². The summed E-state index contributed by atoms with van der Waals surface area (Å²) in [6, 6.07) is 0. The molecule has 0 aromatic carbocycles. The van der Waals surface area contributed by atoms with Crippen molar-refractivity contribution in [2.24, 2.45) is 0 Å². The van der Waals surface area contributed by atoms with Gasteiger partial charge in [-0.2, -0.15) is 4.31 Å². The van der Waals surface area contributed by atoms with Crippen LogP contribution in [0.5, 0.6) is 0 Å². The monoisotopic (exact) mass is 235 g/mol. The first-order valence-electron chi connectivity index (χ1n) is 5.05. The number of carboxylic acid groups (broad SMARTS) is 1. The number of sulfonamides is 1. The maximum atomic E-state index is 12.0. The Labute approximate surface area is 90.1 Å². The predicted molar refractivity (Wildman–Crippen MR) is 56.1 cm³/mol. The topological polar surface area (TPSA) is 74.7 Å². The molecule has 0 aromatic rings. The van der Waals surface area contributed by atoms with Crippen molar-refractivity contribution in [1.82, 2.24) is 4.31 Å². The lowest BCUT2D eigenvalue weighted by atomic mass is 10.5. The van der Waals surface area contributed by atoms with Gasteiger partial charge in [-0.3, -0.25) is 4.79 Å². The van der Waals surface area contributed by atoms with Crippen LogP contribution in [0.15, 0.2) is 0 Å². The van der Waals surface area contributed by atoms with Crippen molar-refractivity contribution in [1.29, 1.82) is 0 Å². The molecule has 6 heteroatoms. The minimum atomic E-state index is -3.43. The number of rotatable bonds is 6. The first-order chi connectivity index (χ1) is 6.83. The highest BCUT2D eigenvalue weighted by Gasteiger charge is 2.52. The quantitative estimate of drug-likeness (QED) is 0.734. The zero-order chi connectivity index (χ0) is 11.7. The Morgan fingerprint density at radius 3 is 2.33 bits per heavy atom. The Morgan fingerprint density at radius 1 is 1.47 bits per heavy atom. The van der Waals surface area contributed by atoms with Crippen molar-refractivity contribution in [3.63, 3.8) is 0 Å². The summed E-state index contributed by atoms with van der Waals surface area (Å²) in [5.41, 5.74) is 0. The second kappa shape index (κ2) is 4.09. The summed E-state index contributed by atoms with van der Waals surface area (Å²) in [5.74, 6) is -1.10. The highest BCUT2D eigenvalue weighted by Crippen LogP contribution is 2.44. The highest BCUT2D eigenvalue weighted by molar-refractivity contribution is 7.90. The lowest BCUT2D eigenvalue weighted by molar-refractivity contribution is -0.137. The van der Waals surface area contributed by atoms with Crippen molar-refractivity contribution in [3.8, 4) is 0 Å². The molecular formula is C9H17NO4S. The molecular weight excluding hydrogens is 218 g/mol. The van der Waals surface area contributed by atoms with E-state index in [1.54, 1.807) is 6.92 Å². The third kappa shape index (κ3) is 2.49. The highest BCUT2D eigenvalue weighted by atomic mass is 32.2. The molecule has 0 heterocycles. The van der Waals surface area contributed by atoms with E-state index in [1.165, 1.54) is 0 Å². The lowest BCUT2D eigenvalue weighted by Crippen LogP contribution is -2.42. The van der Waals surface area contributed by atoms with E-state index in [-0.39, 0.29) is 6.54 Å². The molecule has 0 amide bonds. The third-order valence-corrected chi connectivity index (χ3v) is 5.35. The first-order valence-corrected chi connectivity index (χ1v) is 6.49. The fourth-order valence-corrected chi connectivity index (χ4v) is 3.37. The summed E-state index contributed by atoms with van der Waals surface area (Å²) in [6.07, 6.45) is 1.90. The second-order valence-electron chi connectivity index (χ2n) is 4.18. The maximum Gasteiger partial charge on any atom is 0.318 e. The fraction of sp³-hybridized carbons (Fsp3) is 0.889. The summed E-state index contributed by atoms with van der Waals surface area (Å²) in [4.78, 5) is 10.6. The van der Waals surface area contributed by atoms with Crippen molar-refractivity contribution in [2.75, 3.05) is 13.1 Å². The van der Waals surface area contributed by atoms with E-state index in [4.69, 9.17) is 5.11 Å². The Morgan fingerprint density at radius 2 is 2.00 bits per heavy atom. The number of aliphatic carboxylic acids is 1. The zero-order valence-corrected chi connectivity index (χ0v) is 9.88. The van der Waals surface area contributed by atoms with E-state index in [0.29, 0.717) is 19.3 Å². The summed E-state index contributed by atoms with van der Waals surface area (Å²) in [5, 5.41) is 8.65. The van der Waals surface area contributed by atoms with Gasteiger partial charge in [-0.25, -0.2) is 8.42 Å². The molecule has 1 aliphatic carbocycles. The Hall–Kier alpha value is -0.620. The molecule has 0 aliphatic heterocycles. The minimum absolute atomic E-state index is 0.282. The normalized spacial score (nSPS) is 19.1. The van der Waals surface area contributed by atoms with Crippen LogP contribution < -0.4 is 0 Å². The van der Waals surface area contributed by atoms with E-state index in [0.717, 1.165) is 4.31 Å². The van der Waals surface area contributed by atoms with Gasteiger partial charge in [0.05, 0.1) is 4.75 Å². The van der Waals surface area contributed by atoms with Gasteiger partial charge in [-0.15, -0.1) is 0 Å². The summed E-state index contributed by atoms with van der Waals surface area (Å²) >= 11 is 0. The molecule has 1 saturated carbocycles. The molecule has 15 heavy (non-hydrogen) atoms. The molecule has 0 spiro atoms. The van der Waals surface area contributed by atoms with Crippen LogP contribution in [-0.2, 0) is 14.8 Å². The molecule has 1 N–H and O–H groups in total. The van der Waals surface area contributed by atoms with Crippen LogP contribution in [0.3, 0.4) is 0 Å². The average molecular weight is 235 g/mol. The summed E-state index contributed by atoms with van der Waals surface area (Å²) < 4.78 is 24.4. The Bertz CT molecular complexity index is 345. The molecule has 0 saturated heterocycles. The van der Waals surface area contributed by atoms with Gasteiger partial charge in [0.2, 0.25) is 10.0 Å². The van der Waals surface area contributed by atoms with Crippen LogP contribution in [0.25, 0.3) is 0 Å². The van der Waals surface area contributed by atoms with Gasteiger partial charge >= 0.3 is 5.97 Å². The van der Waals surface area contributed by atoms with E-state index in [9.17, 15) is 13.2 Å². The van der Waals surface area contributed by atoms with E-state index in [2.05, 4.69) is 0 Å². The van der Waals surface area contributed by atoms with E-state index in [1.807, 2.05) is 6.92 Å². The van der Waals surface area contributed by atoms with Crippen LogP contribution in [0, 0.1) is 0 Å². The average Bonchev–Trinajstić information content (AvgIpc) is 2.84. The number of carbonyl (C=O) groups is 1. The number of nitrogens with zero attached hydrogens (tertiary/aromatic N) is 1. The molecule has 0 unspecified atom stereocenters. The minimum Gasteiger partial charge on any atom is -0.480 e. The standard InChI is InChI=1S/C9H17NO4S/c1-3-6-10(7-8(11)12)15(13,14)9(2)4-5-9/h3-7H2,1-2H3,(H,11,12). The Kier molecular flexibility index (Phi) is 3.40. The fourth-order valence-electron chi connectivity index (χ4n) is 1.43. The van der Waals surface area contributed by atoms with Crippen molar-refractivity contribution >= 4 is 16.0 Å². The van der Waals surface area contributed by atoms with Crippen LogP contribution in [0.2, 0.25) is 0 Å². The van der Waals surface area contributed by atoms with E-state index >= 15 is 0 Å². The van der Waals surface area contributed by atoms with Gasteiger partial charge in [0.1, 0.15) is 6.54 Å². The van der Waals surface area contributed by atoms with Gasteiger partial charge in [-0.05, 0) is 26.2 Å². The molecule has 0 radical (unpaired) electrons. The van der Waals surface area contributed by atoms with Gasteiger partial charge in [0.15, 0.2) is 0 Å². The van der Waals surface area contributed by atoms with Gasteiger partial charge in [-0.1, -0.05) is 6.92 Å². The summed E-state index contributed by atoms with van der Waals surface area (Å²) in [7, 11) is -3.43. The summed E-state index contributed by atoms with van der Waals surface area (Å²) in [6.45, 7) is 3.36. The van der Waals surface area contributed by atoms with Crippen LogP contribution in [-0.4, -0.2) is 41.6 Å². The number of carboxylic acids is 1.